The molecule has 0 heterocycles. The van der Waals surface area contributed by atoms with E-state index in [0.29, 0.717) is 16.8 Å². The third-order valence-electron chi connectivity index (χ3n) is 1.92. The lowest BCUT2D eigenvalue weighted by atomic mass is 10.1. The van der Waals surface area contributed by atoms with Gasteiger partial charge < -0.3 is 9.94 Å². The van der Waals surface area contributed by atoms with Crippen molar-refractivity contribution in [3.8, 4) is 0 Å². The van der Waals surface area contributed by atoms with Crippen LogP contribution >= 0.6 is 0 Å². The van der Waals surface area contributed by atoms with E-state index in [-0.39, 0.29) is 6.61 Å². The van der Waals surface area contributed by atoms with Crippen molar-refractivity contribution in [1.82, 2.24) is 0 Å². The second-order valence-electron chi connectivity index (χ2n) is 3.27. The van der Waals surface area contributed by atoms with Gasteiger partial charge in [0.05, 0.1) is 0 Å². The Hall–Kier alpha value is -2.10. The van der Waals surface area contributed by atoms with Crippen LogP contribution in [-0.4, -0.2) is 23.5 Å². The molecule has 0 bridgehead atoms. The van der Waals surface area contributed by atoms with Gasteiger partial charge in [0.15, 0.2) is 0 Å². The van der Waals surface area contributed by atoms with E-state index in [1.807, 2.05) is 6.07 Å². The molecule has 1 aromatic carbocycles. The summed E-state index contributed by atoms with van der Waals surface area (Å²) < 4.78 is 4.88. The van der Waals surface area contributed by atoms with Gasteiger partial charge in [0.25, 0.3) is 0 Å². The van der Waals surface area contributed by atoms with Crippen LogP contribution < -0.4 is 0 Å². The molecule has 84 valence electrons. The first-order valence-electron chi connectivity index (χ1n) is 4.74. The van der Waals surface area contributed by atoms with Crippen molar-refractivity contribution in [2.75, 3.05) is 6.61 Å². The summed E-state index contributed by atoms with van der Waals surface area (Å²) >= 11 is 0. The van der Waals surface area contributed by atoms with Crippen LogP contribution in [0.4, 0.5) is 0 Å². The molecule has 0 amide bonds. The van der Waals surface area contributed by atoms with Crippen LogP contribution in [0.3, 0.4) is 0 Å². The Balaban J connectivity index is 2.65. The molecule has 4 heteroatoms. The molecule has 0 radical (unpaired) electrons. The number of benzene rings is 1. The predicted octanol–water partition coefficient (Wildman–Crippen LogP) is 1.98. The highest BCUT2D eigenvalue weighted by Gasteiger charge is 2.08. The van der Waals surface area contributed by atoms with Crippen LogP contribution in [0, 0.1) is 0 Å². The number of carbonyl (C=O) groups excluding carboxylic acids is 1. The average molecular weight is 219 g/mol. The van der Waals surface area contributed by atoms with E-state index >= 15 is 0 Å². The number of hydrogen-bond donors (Lipinski definition) is 1. The summed E-state index contributed by atoms with van der Waals surface area (Å²) in [6.45, 7) is 4.93. The molecule has 1 rings (SSSR count). The first kappa shape index (κ1) is 12.0. The molecule has 0 aliphatic carbocycles. The molecule has 0 saturated heterocycles. The fraction of sp³-hybridized carbons (Fsp3) is 0.167. The van der Waals surface area contributed by atoms with Gasteiger partial charge in [0.2, 0.25) is 0 Å². The summed E-state index contributed by atoms with van der Waals surface area (Å²) in [6, 6.07) is 8.99. The van der Waals surface area contributed by atoms with Gasteiger partial charge in [-0.3, -0.25) is 0 Å². The van der Waals surface area contributed by atoms with Gasteiger partial charge in [-0.05, 0) is 6.92 Å². The van der Waals surface area contributed by atoms with Crippen LogP contribution in [0.5, 0.6) is 0 Å². The van der Waals surface area contributed by atoms with Crippen LogP contribution in [0.2, 0.25) is 0 Å². The largest absolute Gasteiger partial charge is 0.456 e. The molecule has 0 spiro atoms. The fourth-order valence-corrected chi connectivity index (χ4v) is 1.06. The zero-order valence-corrected chi connectivity index (χ0v) is 9.01. The quantitative estimate of drug-likeness (QED) is 0.277. The van der Waals surface area contributed by atoms with Crippen molar-refractivity contribution >= 4 is 11.7 Å². The number of hydrogen-bond acceptors (Lipinski definition) is 4. The molecular formula is C12H13NO3. The SMILES string of the molecule is C=C(C)C(=O)OC/C(=N\O)c1ccccc1. The fourth-order valence-electron chi connectivity index (χ4n) is 1.06. The van der Waals surface area contributed by atoms with E-state index in [1.54, 1.807) is 31.2 Å². The Morgan fingerprint density at radius 2 is 2.06 bits per heavy atom. The number of carbonyl (C=O) groups is 1. The van der Waals surface area contributed by atoms with Crippen LogP contribution in [0.25, 0.3) is 0 Å². The van der Waals surface area contributed by atoms with Gasteiger partial charge in [-0.1, -0.05) is 42.1 Å². The minimum atomic E-state index is -0.503. The van der Waals surface area contributed by atoms with Crippen molar-refractivity contribution in [3.05, 3.63) is 48.0 Å². The van der Waals surface area contributed by atoms with E-state index in [1.165, 1.54) is 0 Å². The predicted molar refractivity (Wildman–Crippen MR) is 60.5 cm³/mol. The summed E-state index contributed by atoms with van der Waals surface area (Å²) in [7, 11) is 0. The van der Waals surface area contributed by atoms with E-state index in [4.69, 9.17) is 9.94 Å². The lowest BCUT2D eigenvalue weighted by molar-refractivity contribution is -0.137. The van der Waals surface area contributed by atoms with E-state index in [9.17, 15) is 4.79 Å². The Morgan fingerprint density at radius 3 is 2.56 bits per heavy atom. The molecule has 0 fully saturated rings. The second kappa shape index (κ2) is 5.70. The minimum Gasteiger partial charge on any atom is -0.456 e. The first-order valence-corrected chi connectivity index (χ1v) is 4.74. The Bertz CT molecular complexity index is 410. The molecule has 0 aliphatic rings. The number of ether oxygens (including phenoxy) is 1. The van der Waals surface area contributed by atoms with Crippen molar-refractivity contribution < 1.29 is 14.7 Å². The van der Waals surface area contributed by atoms with Crippen molar-refractivity contribution in [3.63, 3.8) is 0 Å². The molecule has 1 N–H and O–H groups in total. The Labute approximate surface area is 93.9 Å². The van der Waals surface area contributed by atoms with Crippen LogP contribution in [-0.2, 0) is 9.53 Å². The summed E-state index contributed by atoms with van der Waals surface area (Å²) in [4.78, 5) is 11.1. The molecule has 0 aromatic heterocycles. The highest BCUT2D eigenvalue weighted by atomic mass is 16.5. The number of rotatable bonds is 4. The van der Waals surface area contributed by atoms with Crippen molar-refractivity contribution in [2.45, 2.75) is 6.92 Å². The van der Waals surface area contributed by atoms with Gasteiger partial charge in [-0.15, -0.1) is 0 Å². The van der Waals surface area contributed by atoms with Gasteiger partial charge in [-0.2, -0.15) is 0 Å². The van der Waals surface area contributed by atoms with E-state index in [2.05, 4.69) is 11.7 Å². The monoisotopic (exact) mass is 219 g/mol. The van der Waals surface area contributed by atoms with Crippen LogP contribution in [0.15, 0.2) is 47.6 Å². The lowest BCUT2D eigenvalue weighted by Crippen LogP contribution is -2.15. The maximum absolute atomic E-state index is 11.1. The van der Waals surface area contributed by atoms with E-state index < -0.39 is 5.97 Å². The molecular weight excluding hydrogens is 206 g/mol. The third kappa shape index (κ3) is 3.24. The van der Waals surface area contributed by atoms with Gasteiger partial charge in [-0.25, -0.2) is 4.79 Å². The zero-order chi connectivity index (χ0) is 12.0. The summed E-state index contributed by atoms with van der Waals surface area (Å²) in [5.41, 5.74) is 1.32. The standard InChI is InChI=1S/C12H13NO3/c1-9(2)12(14)16-8-11(13-15)10-6-4-3-5-7-10/h3-7,15H,1,8H2,2H3/b13-11+. The molecule has 16 heavy (non-hydrogen) atoms. The van der Waals surface area contributed by atoms with Crippen molar-refractivity contribution in [1.29, 1.82) is 0 Å². The molecule has 0 unspecified atom stereocenters. The lowest BCUT2D eigenvalue weighted by Gasteiger charge is -2.06. The topological polar surface area (TPSA) is 58.9 Å². The van der Waals surface area contributed by atoms with E-state index in [0.717, 1.165) is 0 Å². The van der Waals surface area contributed by atoms with Gasteiger partial charge in [0.1, 0.15) is 12.3 Å². The second-order valence-corrected chi connectivity index (χ2v) is 3.27. The number of oxime groups is 1. The molecule has 0 atom stereocenters. The normalized spacial score (nSPS) is 10.9. The molecule has 0 aliphatic heterocycles. The van der Waals surface area contributed by atoms with Gasteiger partial charge in [0, 0.05) is 11.1 Å². The summed E-state index contributed by atoms with van der Waals surface area (Å²) in [6.07, 6.45) is 0. The Kier molecular flexibility index (Phi) is 4.27. The number of nitrogens with zero attached hydrogens (tertiary/aromatic N) is 1. The highest BCUT2D eigenvalue weighted by molar-refractivity contribution is 6.02. The van der Waals surface area contributed by atoms with Crippen LogP contribution in [0.1, 0.15) is 12.5 Å². The molecule has 1 aromatic rings. The number of esters is 1. The summed E-state index contributed by atoms with van der Waals surface area (Å²) in [5.74, 6) is -0.503. The average Bonchev–Trinajstić information content (AvgIpc) is 2.30. The molecule has 0 saturated carbocycles. The maximum Gasteiger partial charge on any atom is 0.333 e. The third-order valence-corrected chi connectivity index (χ3v) is 1.92. The maximum atomic E-state index is 11.1. The molecule has 4 nitrogen and oxygen atoms in total. The van der Waals surface area contributed by atoms with Gasteiger partial charge >= 0.3 is 5.97 Å². The smallest absolute Gasteiger partial charge is 0.333 e. The van der Waals surface area contributed by atoms with Crippen molar-refractivity contribution in [2.24, 2.45) is 5.16 Å². The Morgan fingerprint density at radius 1 is 1.44 bits per heavy atom. The minimum absolute atomic E-state index is 0.0772. The summed E-state index contributed by atoms with van der Waals surface area (Å²) in [5, 5.41) is 11.9. The highest BCUT2D eigenvalue weighted by Crippen LogP contribution is 2.02. The zero-order valence-electron chi connectivity index (χ0n) is 9.01. The first-order chi connectivity index (χ1) is 7.65.